The number of H-pyrrole nitrogens is 2. The quantitative estimate of drug-likeness (QED) is 0.360. The molecule has 2 heterocycles. The van der Waals surface area contributed by atoms with Gasteiger partial charge in [-0.1, -0.05) is 24.3 Å². The van der Waals surface area contributed by atoms with Crippen LogP contribution in [0, 0.1) is 20.3 Å². The van der Waals surface area contributed by atoms with E-state index in [2.05, 4.69) is 53.4 Å². The summed E-state index contributed by atoms with van der Waals surface area (Å²) in [6.45, 7) is 4.21. The summed E-state index contributed by atoms with van der Waals surface area (Å²) in [6, 6.07) is 12.4. The van der Waals surface area contributed by atoms with Crippen LogP contribution in [-0.4, -0.2) is 19.9 Å². The van der Waals surface area contributed by atoms with Crippen molar-refractivity contribution in [3.05, 3.63) is 65.6 Å². The summed E-state index contributed by atoms with van der Waals surface area (Å²) < 4.78 is 0. The van der Waals surface area contributed by atoms with Gasteiger partial charge in [0.25, 0.3) is 0 Å². The third-order valence-electron chi connectivity index (χ3n) is 4.22. The molecule has 2 aromatic heterocycles. The van der Waals surface area contributed by atoms with E-state index in [1.54, 1.807) is 0 Å². The molecule has 4 aromatic rings. The zero-order chi connectivity index (χ0) is 19.4. The summed E-state index contributed by atoms with van der Waals surface area (Å²) in [4.78, 5) is 16.1. The zero-order valence-corrected chi connectivity index (χ0v) is 18.4. The van der Waals surface area contributed by atoms with Gasteiger partial charge in [0.05, 0.1) is 33.7 Å². The molecule has 142 valence electrons. The van der Waals surface area contributed by atoms with Gasteiger partial charge in [0.1, 0.15) is 0 Å². The molecular weight excluding hydrogens is 443 g/mol. The molecule has 0 aliphatic heterocycles. The molecule has 0 aliphatic rings. The van der Waals surface area contributed by atoms with Crippen LogP contribution in [-0.2, 0) is 24.2 Å². The van der Waals surface area contributed by atoms with Gasteiger partial charge in [-0.15, -0.1) is 12.8 Å². The normalized spacial score (nSPS) is 11.2. The summed E-state index contributed by atoms with van der Waals surface area (Å²) >= 11 is -1.62. The van der Waals surface area contributed by atoms with Gasteiger partial charge < -0.3 is 16.4 Å². The van der Waals surface area contributed by atoms with E-state index in [-0.39, 0.29) is 0 Å². The molecule has 0 saturated carbocycles. The number of hydrogen-bond donors (Lipinski definition) is 2. The van der Waals surface area contributed by atoms with Crippen molar-refractivity contribution in [3.63, 3.8) is 0 Å². The molecule has 4 nitrogen and oxygen atoms in total. The van der Waals surface area contributed by atoms with Gasteiger partial charge in [-0.2, -0.15) is 0 Å². The maximum atomic E-state index is 4.93. The average molecular weight is 462 g/mol. The molecule has 0 radical (unpaired) electrons. The molecule has 0 amide bonds. The minimum atomic E-state index is -1.62. The fourth-order valence-corrected chi connectivity index (χ4v) is 2.95. The number of aryl methyl sites for hydroxylation is 2. The molecule has 0 fully saturated rings. The number of nitrogens with one attached hydrogen (secondary N) is 2. The molecule has 8 heteroatoms. The molecule has 0 spiro atoms. The van der Waals surface area contributed by atoms with Crippen molar-refractivity contribution in [2.75, 3.05) is 0 Å². The first-order chi connectivity index (χ1) is 12.9. The van der Waals surface area contributed by atoms with Gasteiger partial charge >= 0.3 is 41.5 Å². The summed E-state index contributed by atoms with van der Waals surface area (Å²) in [7, 11) is 14.8. The van der Waals surface area contributed by atoms with Crippen molar-refractivity contribution in [1.29, 1.82) is 0 Å². The third kappa shape index (κ3) is 5.41. The molecule has 0 bridgehead atoms. The van der Waals surface area contributed by atoms with E-state index in [0.29, 0.717) is 0 Å². The van der Waals surface area contributed by atoms with Crippen LogP contribution in [0.1, 0.15) is 22.8 Å². The Hall–Kier alpha value is -1.22. The van der Waals surface area contributed by atoms with Crippen LogP contribution < -0.4 is 0 Å². The van der Waals surface area contributed by atoms with Crippen molar-refractivity contribution < 1.29 is 11.4 Å². The average Bonchev–Trinajstić information content (AvgIpc) is 3.22. The summed E-state index contributed by atoms with van der Waals surface area (Å²) in [5.41, 5.74) is 6.79. The van der Waals surface area contributed by atoms with E-state index in [9.17, 15) is 0 Å². The first-order valence-electron chi connectivity index (χ1n) is 8.37. The fourth-order valence-electron chi connectivity index (χ4n) is 2.95. The molecule has 4 rings (SSSR count). The summed E-state index contributed by atoms with van der Waals surface area (Å²) in [5.74, 6) is 2.00. The molecule has 0 unspecified atom stereocenters. The van der Waals surface area contributed by atoms with E-state index < -0.39 is 11.4 Å². The predicted molar refractivity (Wildman–Crippen MR) is 111 cm³/mol. The van der Waals surface area contributed by atoms with Crippen molar-refractivity contribution >= 4 is 52.2 Å². The molecule has 0 aliphatic carbocycles. The Morgan fingerprint density at radius 3 is 2.19 bits per heavy atom. The summed E-state index contributed by atoms with van der Waals surface area (Å²) in [6.07, 6.45) is 3.83. The molecule has 2 N–H and O–H groups in total. The number of rotatable bonds is 4. The Bertz CT molecular complexity index is 967. The van der Waals surface area contributed by atoms with Gasteiger partial charge in [-0.3, -0.25) is 0 Å². The first-order valence-corrected chi connectivity index (χ1v) is 13.6. The van der Waals surface area contributed by atoms with Crippen LogP contribution in [0.15, 0.2) is 36.4 Å². The molecule has 27 heavy (non-hydrogen) atoms. The van der Waals surface area contributed by atoms with Crippen LogP contribution in [0.4, 0.5) is 0 Å². The molecular formula is C19H19Cl3CrN4. The van der Waals surface area contributed by atoms with Gasteiger partial charge in [0.2, 0.25) is 0 Å². The van der Waals surface area contributed by atoms with Crippen molar-refractivity contribution in [3.8, 4) is 0 Å². The van der Waals surface area contributed by atoms with E-state index >= 15 is 0 Å². The van der Waals surface area contributed by atoms with E-state index in [0.717, 1.165) is 46.6 Å². The Morgan fingerprint density at radius 2 is 1.52 bits per heavy atom. The van der Waals surface area contributed by atoms with E-state index in [4.69, 9.17) is 35.1 Å². The first kappa shape index (κ1) is 20.5. The van der Waals surface area contributed by atoms with Crippen molar-refractivity contribution in [2.24, 2.45) is 0 Å². The SMILES string of the molecule is Cc1ccc(C)c2[nH]c(C[CH-]Cc3nc4ccccc4[nH]3)nc12.[Cl][Cr+]([Cl])[Cl]. The minimum absolute atomic E-state index is 0.809. The van der Waals surface area contributed by atoms with E-state index in [1.807, 2.05) is 18.2 Å². The Kier molecular flexibility index (Phi) is 7.08. The van der Waals surface area contributed by atoms with E-state index in [1.165, 1.54) is 11.1 Å². The van der Waals surface area contributed by atoms with Gasteiger partial charge in [-0.05, 0) is 37.1 Å². The maximum absolute atomic E-state index is 4.93. The predicted octanol–water partition coefficient (Wildman–Crippen LogP) is 6.11. The van der Waals surface area contributed by atoms with Crippen LogP contribution in [0.5, 0.6) is 0 Å². The number of aromatic amines is 2. The molecule has 2 aromatic carbocycles. The Labute approximate surface area is 175 Å². The van der Waals surface area contributed by atoms with Crippen molar-refractivity contribution in [1.82, 2.24) is 19.9 Å². The molecule has 0 saturated heterocycles. The standard InChI is InChI=1S/C19H19N4.3ClH.Cr/c1-12-10-11-13(2)19-18(12)22-17(23-19)9-5-8-16-20-14-6-3-4-7-15(14)21-16;;;;/h3-7,10-11H,8-9H2,1-2H3,(H,20,21)(H,22,23);3*1H;/q-1;;;;+4/p-3. The number of aromatic nitrogens is 4. The number of nitrogens with zero attached hydrogens (tertiary/aromatic N) is 2. The number of benzene rings is 2. The van der Waals surface area contributed by atoms with Crippen LogP contribution in [0.3, 0.4) is 0 Å². The second kappa shape index (κ2) is 9.32. The third-order valence-corrected chi connectivity index (χ3v) is 4.22. The van der Waals surface area contributed by atoms with Crippen LogP contribution in [0.2, 0.25) is 0 Å². The van der Waals surface area contributed by atoms with Gasteiger partial charge in [0.15, 0.2) is 0 Å². The fraction of sp³-hybridized carbons (Fsp3) is 0.211. The Balaban J connectivity index is 0.000000481. The number of para-hydroxylation sites is 2. The van der Waals surface area contributed by atoms with Crippen LogP contribution in [0.25, 0.3) is 22.1 Å². The number of imidazole rings is 2. The van der Waals surface area contributed by atoms with Crippen molar-refractivity contribution in [2.45, 2.75) is 26.7 Å². The Morgan fingerprint density at radius 1 is 0.889 bits per heavy atom. The molecule has 0 atom stereocenters. The van der Waals surface area contributed by atoms with Gasteiger partial charge in [-0.25, -0.2) is 9.97 Å². The van der Waals surface area contributed by atoms with Crippen LogP contribution >= 0.6 is 30.1 Å². The second-order valence-electron chi connectivity index (χ2n) is 6.18. The number of hydrogen-bond acceptors (Lipinski definition) is 2. The number of halogens is 3. The zero-order valence-electron chi connectivity index (χ0n) is 14.9. The second-order valence-corrected chi connectivity index (χ2v) is 12.5. The topological polar surface area (TPSA) is 57.4 Å². The van der Waals surface area contributed by atoms with Gasteiger partial charge in [0, 0.05) is 0 Å². The number of fused-ring (bicyclic) bond motifs is 2. The summed E-state index contributed by atoms with van der Waals surface area (Å²) in [5, 5.41) is 0. The monoisotopic (exact) mass is 460 g/mol.